The van der Waals surface area contributed by atoms with Crippen LogP contribution in [0.5, 0.6) is 5.75 Å². The molecule has 1 aromatic carbocycles. The maximum absolute atomic E-state index is 11.5. The number of rotatable bonds is 5. The lowest BCUT2D eigenvalue weighted by molar-refractivity contribution is 0.0322. The van der Waals surface area contributed by atoms with Crippen LogP contribution in [0.1, 0.15) is 10.4 Å². The van der Waals surface area contributed by atoms with Gasteiger partial charge in [-0.2, -0.15) is 0 Å². The number of methoxy groups -OCH3 is 1. The molecule has 0 unspecified atom stereocenters. The average molecular weight is 344 g/mol. The normalized spacial score (nSPS) is 15.9. The van der Waals surface area contributed by atoms with Crippen molar-refractivity contribution in [2.24, 2.45) is 0 Å². The maximum Gasteiger partial charge on any atom is 0.338 e. The third-order valence-electron chi connectivity index (χ3n) is 3.07. The van der Waals surface area contributed by atoms with E-state index in [4.69, 9.17) is 14.2 Å². The molecular formula is C14H18BrNO4. The summed E-state index contributed by atoms with van der Waals surface area (Å²) in [5.41, 5.74) is 0.475. The SMILES string of the molecule is COC(=O)c1cc(Br)cc(OCCN2CCOCC2)c1. The van der Waals surface area contributed by atoms with Gasteiger partial charge in [-0.1, -0.05) is 15.9 Å². The number of esters is 1. The van der Waals surface area contributed by atoms with Gasteiger partial charge < -0.3 is 14.2 Å². The number of halogens is 1. The van der Waals surface area contributed by atoms with E-state index in [0.717, 1.165) is 37.3 Å². The van der Waals surface area contributed by atoms with E-state index in [9.17, 15) is 4.79 Å². The Hall–Kier alpha value is -1.11. The zero-order chi connectivity index (χ0) is 14.4. The number of benzene rings is 1. The second-order valence-corrected chi connectivity index (χ2v) is 5.39. The van der Waals surface area contributed by atoms with Crippen LogP contribution in [0.25, 0.3) is 0 Å². The molecule has 1 aromatic rings. The van der Waals surface area contributed by atoms with Crippen LogP contribution in [0.2, 0.25) is 0 Å². The fourth-order valence-corrected chi connectivity index (χ4v) is 2.47. The van der Waals surface area contributed by atoms with Gasteiger partial charge >= 0.3 is 5.97 Å². The molecule has 2 rings (SSSR count). The van der Waals surface area contributed by atoms with Gasteiger partial charge in [0.1, 0.15) is 12.4 Å². The number of ether oxygens (including phenoxy) is 3. The Morgan fingerprint density at radius 2 is 2.10 bits per heavy atom. The molecule has 1 aliphatic heterocycles. The number of hydrogen-bond acceptors (Lipinski definition) is 5. The second-order valence-electron chi connectivity index (χ2n) is 4.47. The quantitative estimate of drug-likeness (QED) is 0.764. The van der Waals surface area contributed by atoms with Crippen LogP contribution in [-0.2, 0) is 9.47 Å². The fourth-order valence-electron chi connectivity index (χ4n) is 2.00. The number of morpholine rings is 1. The molecule has 0 spiro atoms. The summed E-state index contributed by atoms with van der Waals surface area (Å²) in [6, 6.07) is 5.24. The second kappa shape index (κ2) is 7.61. The predicted molar refractivity (Wildman–Crippen MR) is 78.2 cm³/mol. The largest absolute Gasteiger partial charge is 0.492 e. The van der Waals surface area contributed by atoms with Gasteiger partial charge in [0.25, 0.3) is 0 Å². The number of carbonyl (C=O) groups excluding carboxylic acids is 1. The Morgan fingerprint density at radius 3 is 2.80 bits per heavy atom. The summed E-state index contributed by atoms with van der Waals surface area (Å²) < 4.78 is 16.5. The molecule has 0 amide bonds. The van der Waals surface area contributed by atoms with E-state index < -0.39 is 0 Å². The van der Waals surface area contributed by atoms with Crippen molar-refractivity contribution < 1.29 is 19.0 Å². The molecule has 0 saturated carbocycles. The van der Waals surface area contributed by atoms with Crippen molar-refractivity contribution in [2.45, 2.75) is 0 Å². The molecule has 20 heavy (non-hydrogen) atoms. The van der Waals surface area contributed by atoms with Gasteiger partial charge in [0.05, 0.1) is 25.9 Å². The summed E-state index contributed by atoms with van der Waals surface area (Å²) in [4.78, 5) is 13.8. The van der Waals surface area contributed by atoms with E-state index in [1.807, 2.05) is 6.07 Å². The summed E-state index contributed by atoms with van der Waals surface area (Å²) in [5.74, 6) is 0.289. The van der Waals surface area contributed by atoms with Crippen molar-refractivity contribution in [2.75, 3.05) is 46.6 Å². The zero-order valence-electron chi connectivity index (χ0n) is 11.4. The zero-order valence-corrected chi connectivity index (χ0v) is 13.0. The first-order valence-electron chi connectivity index (χ1n) is 6.51. The number of carbonyl (C=O) groups is 1. The number of nitrogens with zero attached hydrogens (tertiary/aromatic N) is 1. The molecule has 0 aliphatic carbocycles. The molecule has 1 heterocycles. The topological polar surface area (TPSA) is 48.0 Å². The molecule has 1 saturated heterocycles. The highest BCUT2D eigenvalue weighted by molar-refractivity contribution is 9.10. The van der Waals surface area contributed by atoms with E-state index in [0.29, 0.717) is 17.9 Å². The minimum absolute atomic E-state index is 0.371. The van der Waals surface area contributed by atoms with Crippen LogP contribution < -0.4 is 4.74 Å². The average Bonchev–Trinajstić information content (AvgIpc) is 2.47. The molecule has 5 nitrogen and oxygen atoms in total. The van der Waals surface area contributed by atoms with Crippen LogP contribution in [0.4, 0.5) is 0 Å². The Kier molecular flexibility index (Phi) is 5.82. The fraction of sp³-hybridized carbons (Fsp3) is 0.500. The van der Waals surface area contributed by atoms with Crippen molar-refractivity contribution in [3.63, 3.8) is 0 Å². The highest BCUT2D eigenvalue weighted by Crippen LogP contribution is 2.22. The molecule has 1 aliphatic rings. The minimum Gasteiger partial charge on any atom is -0.492 e. The Balaban J connectivity index is 1.88. The van der Waals surface area contributed by atoms with Crippen LogP contribution >= 0.6 is 15.9 Å². The van der Waals surface area contributed by atoms with E-state index in [1.54, 1.807) is 12.1 Å². The van der Waals surface area contributed by atoms with Crippen molar-refractivity contribution >= 4 is 21.9 Å². The van der Waals surface area contributed by atoms with E-state index in [-0.39, 0.29) is 5.97 Å². The molecule has 0 radical (unpaired) electrons. The minimum atomic E-state index is -0.371. The first-order chi connectivity index (χ1) is 9.69. The Morgan fingerprint density at radius 1 is 1.35 bits per heavy atom. The van der Waals surface area contributed by atoms with Gasteiger partial charge in [0.15, 0.2) is 0 Å². The predicted octanol–water partition coefficient (Wildman–Crippen LogP) is 1.95. The van der Waals surface area contributed by atoms with Crippen LogP contribution in [0.3, 0.4) is 0 Å². The molecule has 0 aromatic heterocycles. The highest BCUT2D eigenvalue weighted by atomic mass is 79.9. The van der Waals surface area contributed by atoms with Gasteiger partial charge in [-0.3, -0.25) is 4.90 Å². The summed E-state index contributed by atoms with van der Waals surface area (Å²) in [5, 5.41) is 0. The molecule has 1 fully saturated rings. The van der Waals surface area contributed by atoms with Crippen molar-refractivity contribution in [3.8, 4) is 5.75 Å². The van der Waals surface area contributed by atoms with Crippen molar-refractivity contribution in [1.82, 2.24) is 4.90 Å². The Bertz CT molecular complexity index is 460. The summed E-state index contributed by atoms with van der Waals surface area (Å²) in [7, 11) is 1.36. The molecule has 110 valence electrons. The third kappa shape index (κ3) is 4.47. The maximum atomic E-state index is 11.5. The van der Waals surface area contributed by atoms with Crippen LogP contribution in [-0.4, -0.2) is 57.4 Å². The highest BCUT2D eigenvalue weighted by Gasteiger charge is 2.11. The van der Waals surface area contributed by atoms with Crippen LogP contribution in [0.15, 0.2) is 22.7 Å². The first kappa shape index (κ1) is 15.3. The van der Waals surface area contributed by atoms with Gasteiger partial charge in [-0.15, -0.1) is 0 Å². The van der Waals surface area contributed by atoms with Crippen LogP contribution in [0, 0.1) is 0 Å². The van der Waals surface area contributed by atoms with E-state index in [1.165, 1.54) is 7.11 Å². The lowest BCUT2D eigenvalue weighted by atomic mass is 10.2. The summed E-state index contributed by atoms with van der Waals surface area (Å²) in [6.07, 6.45) is 0. The molecular weight excluding hydrogens is 326 g/mol. The van der Waals surface area contributed by atoms with E-state index in [2.05, 4.69) is 20.8 Å². The van der Waals surface area contributed by atoms with E-state index >= 15 is 0 Å². The Labute approximate surface area is 126 Å². The molecule has 0 N–H and O–H groups in total. The summed E-state index contributed by atoms with van der Waals surface area (Å²) >= 11 is 3.36. The monoisotopic (exact) mass is 343 g/mol. The third-order valence-corrected chi connectivity index (χ3v) is 3.53. The standard InChI is InChI=1S/C14H18BrNO4/c1-18-14(17)11-8-12(15)10-13(9-11)20-7-4-16-2-5-19-6-3-16/h8-10H,2-7H2,1H3. The smallest absolute Gasteiger partial charge is 0.338 e. The van der Waals surface area contributed by atoms with Crippen molar-refractivity contribution in [3.05, 3.63) is 28.2 Å². The van der Waals surface area contributed by atoms with Crippen molar-refractivity contribution in [1.29, 1.82) is 0 Å². The molecule has 0 atom stereocenters. The van der Waals surface area contributed by atoms with Gasteiger partial charge in [0.2, 0.25) is 0 Å². The summed E-state index contributed by atoms with van der Waals surface area (Å²) in [6.45, 7) is 4.87. The molecule has 6 heteroatoms. The lowest BCUT2D eigenvalue weighted by Gasteiger charge is -2.26. The number of hydrogen-bond donors (Lipinski definition) is 0. The first-order valence-corrected chi connectivity index (χ1v) is 7.30. The lowest BCUT2D eigenvalue weighted by Crippen LogP contribution is -2.38. The van der Waals surface area contributed by atoms with Gasteiger partial charge in [-0.25, -0.2) is 4.79 Å². The molecule has 0 bridgehead atoms. The van der Waals surface area contributed by atoms with Gasteiger partial charge in [-0.05, 0) is 18.2 Å². The van der Waals surface area contributed by atoms with Gasteiger partial charge in [0, 0.05) is 24.1 Å².